The van der Waals surface area contributed by atoms with Crippen LogP contribution in [0.25, 0.3) is 0 Å². The quantitative estimate of drug-likeness (QED) is 0.184. The normalized spacial score (nSPS) is 12.1. The number of carbonyl (C=O) groups is 1. The van der Waals surface area contributed by atoms with Gasteiger partial charge < -0.3 is 24.5 Å². The van der Waals surface area contributed by atoms with Crippen LogP contribution in [0.1, 0.15) is 46.0 Å². The molecule has 0 aromatic carbocycles. The maximum atomic E-state index is 11.1. The summed E-state index contributed by atoms with van der Waals surface area (Å²) in [6, 6.07) is 0. The van der Waals surface area contributed by atoms with Crippen molar-refractivity contribution in [2.75, 3.05) is 0 Å². The monoisotopic (exact) mass is 298 g/mol. The molecule has 0 aliphatic rings. The molecule has 0 fully saturated rings. The van der Waals surface area contributed by atoms with Crippen molar-refractivity contribution in [1.82, 2.24) is 0 Å². The zero-order valence-corrected chi connectivity index (χ0v) is 12.2. The molecule has 8 heteroatoms. The first kappa shape index (κ1) is 20.6. The molecule has 0 aromatic heterocycles. The van der Waals surface area contributed by atoms with E-state index in [4.69, 9.17) is 24.4 Å². The van der Waals surface area contributed by atoms with Gasteiger partial charge in [0.05, 0.1) is 0 Å². The molecule has 0 saturated carbocycles. The molecular formula is C11H23O7P. The van der Waals surface area contributed by atoms with Crippen molar-refractivity contribution >= 4 is 13.8 Å². The summed E-state index contributed by atoms with van der Waals surface area (Å²) in [6.07, 6.45) is 4.03. The molecule has 7 nitrogen and oxygen atoms in total. The van der Waals surface area contributed by atoms with E-state index in [1.165, 1.54) is 19.8 Å². The van der Waals surface area contributed by atoms with Gasteiger partial charge in [-0.15, -0.1) is 0 Å². The van der Waals surface area contributed by atoms with Gasteiger partial charge in [-0.3, -0.25) is 0 Å². The number of ether oxygens (including phenoxy) is 1. The Kier molecular flexibility index (Phi) is 12.1. The smallest absolute Gasteiger partial charge is 0.433 e. The lowest BCUT2D eigenvalue weighted by atomic mass is 10.1. The molecule has 0 saturated heterocycles. The van der Waals surface area contributed by atoms with Gasteiger partial charge in [-0.2, -0.15) is 0 Å². The molecule has 19 heavy (non-hydrogen) atoms. The Bertz CT molecular complexity index is 300. The van der Waals surface area contributed by atoms with Crippen LogP contribution in [0.3, 0.4) is 0 Å². The third kappa shape index (κ3) is 22.9. The number of rotatable bonds is 7. The van der Waals surface area contributed by atoms with Crippen LogP contribution in [0.5, 0.6) is 0 Å². The number of phosphoric acid groups is 1. The summed E-state index contributed by atoms with van der Waals surface area (Å²) < 4.78 is 13.5. The Morgan fingerprint density at radius 2 is 1.74 bits per heavy atom. The van der Waals surface area contributed by atoms with Crippen molar-refractivity contribution in [1.29, 1.82) is 0 Å². The molecule has 114 valence electrons. The van der Waals surface area contributed by atoms with Crippen LogP contribution in [0.4, 0.5) is 0 Å². The number of hydrogen-bond donors (Lipinski definition) is 4. The van der Waals surface area contributed by atoms with Gasteiger partial charge >= 0.3 is 13.8 Å². The van der Waals surface area contributed by atoms with E-state index in [1.54, 1.807) is 0 Å². The molecule has 0 aliphatic heterocycles. The SMILES string of the molecule is C=C(CCCCCC)C(=O)OC(C)O.O=P(O)(O)O. The van der Waals surface area contributed by atoms with Gasteiger partial charge in [0.15, 0.2) is 6.29 Å². The predicted octanol–water partition coefficient (Wildman–Crippen LogP) is 1.47. The molecule has 4 N–H and O–H groups in total. The van der Waals surface area contributed by atoms with Gasteiger partial charge in [0.1, 0.15) is 0 Å². The van der Waals surface area contributed by atoms with Gasteiger partial charge in [0.2, 0.25) is 0 Å². The van der Waals surface area contributed by atoms with E-state index in [1.807, 2.05) is 0 Å². The average Bonchev–Trinajstić information content (AvgIpc) is 2.20. The molecule has 1 unspecified atom stereocenters. The van der Waals surface area contributed by atoms with Gasteiger partial charge in [0, 0.05) is 5.57 Å². The van der Waals surface area contributed by atoms with Crippen molar-refractivity contribution in [3.05, 3.63) is 12.2 Å². The highest BCUT2D eigenvalue weighted by atomic mass is 31.2. The van der Waals surface area contributed by atoms with Gasteiger partial charge in [-0.25, -0.2) is 9.36 Å². The van der Waals surface area contributed by atoms with Gasteiger partial charge in [0.25, 0.3) is 0 Å². The van der Waals surface area contributed by atoms with E-state index in [0.717, 1.165) is 12.8 Å². The first-order valence-electron chi connectivity index (χ1n) is 5.93. The Morgan fingerprint density at radius 3 is 2.11 bits per heavy atom. The summed E-state index contributed by atoms with van der Waals surface area (Å²) >= 11 is 0. The molecule has 0 aromatic rings. The minimum absolute atomic E-state index is 0.446. The molecule has 0 spiro atoms. The topological polar surface area (TPSA) is 124 Å². The molecule has 0 aliphatic carbocycles. The second-order valence-electron chi connectivity index (χ2n) is 3.93. The molecule has 0 rings (SSSR count). The van der Waals surface area contributed by atoms with Crippen LogP contribution in [0.2, 0.25) is 0 Å². The van der Waals surface area contributed by atoms with Crippen LogP contribution in [0, 0.1) is 0 Å². The minimum atomic E-state index is -4.64. The number of aliphatic hydroxyl groups is 1. The molecular weight excluding hydrogens is 275 g/mol. The summed E-state index contributed by atoms with van der Waals surface area (Å²) in [6.45, 7) is 7.16. The van der Waals surface area contributed by atoms with E-state index in [-0.39, 0.29) is 0 Å². The van der Waals surface area contributed by atoms with Crippen LogP contribution in [-0.2, 0) is 14.1 Å². The molecule has 0 radical (unpaired) electrons. The summed E-state index contributed by atoms with van der Waals surface area (Å²) in [5.41, 5.74) is 0.446. The van der Waals surface area contributed by atoms with Crippen molar-refractivity contribution in [3.8, 4) is 0 Å². The Morgan fingerprint density at radius 1 is 1.26 bits per heavy atom. The largest absolute Gasteiger partial charge is 0.466 e. The van der Waals surface area contributed by atoms with Crippen molar-refractivity contribution in [2.45, 2.75) is 52.2 Å². The van der Waals surface area contributed by atoms with Crippen LogP contribution < -0.4 is 0 Å². The van der Waals surface area contributed by atoms with E-state index in [9.17, 15) is 4.79 Å². The first-order chi connectivity index (χ1) is 8.57. The summed E-state index contributed by atoms with van der Waals surface area (Å²) in [7, 11) is -4.64. The lowest BCUT2D eigenvalue weighted by Gasteiger charge is -2.08. The lowest BCUT2D eigenvalue weighted by Crippen LogP contribution is -2.15. The molecule has 0 bridgehead atoms. The highest BCUT2D eigenvalue weighted by molar-refractivity contribution is 7.45. The van der Waals surface area contributed by atoms with E-state index in [2.05, 4.69) is 18.2 Å². The Balaban J connectivity index is 0. The number of unbranched alkanes of at least 4 members (excludes halogenated alkanes) is 3. The Hall–Kier alpha value is -0.720. The third-order valence-corrected chi connectivity index (χ3v) is 1.90. The standard InChI is InChI=1S/C11H20O3.H3O4P/c1-4-5-6-7-8-9(2)11(13)14-10(3)12;1-5(2,3)4/h10,12H,2,4-8H2,1,3H3;(H3,1,2,3,4). The zero-order chi connectivity index (χ0) is 15.5. The van der Waals surface area contributed by atoms with Crippen molar-refractivity contribution in [2.24, 2.45) is 0 Å². The summed E-state index contributed by atoms with van der Waals surface area (Å²) in [4.78, 5) is 32.7. The highest BCUT2D eigenvalue weighted by Crippen LogP contribution is 2.25. The predicted molar refractivity (Wildman–Crippen MR) is 69.9 cm³/mol. The fourth-order valence-corrected chi connectivity index (χ4v) is 1.11. The van der Waals surface area contributed by atoms with Crippen molar-refractivity contribution < 1.29 is 33.9 Å². The number of aliphatic hydroxyl groups excluding tert-OH is 1. The maximum Gasteiger partial charge on any atom is 0.466 e. The molecule has 0 amide bonds. The zero-order valence-electron chi connectivity index (χ0n) is 11.3. The second kappa shape index (κ2) is 11.1. The third-order valence-electron chi connectivity index (χ3n) is 1.90. The first-order valence-corrected chi connectivity index (χ1v) is 7.49. The van der Waals surface area contributed by atoms with E-state index < -0.39 is 20.1 Å². The van der Waals surface area contributed by atoms with Crippen molar-refractivity contribution in [3.63, 3.8) is 0 Å². The van der Waals surface area contributed by atoms with Crippen LogP contribution in [0.15, 0.2) is 12.2 Å². The average molecular weight is 298 g/mol. The van der Waals surface area contributed by atoms with E-state index >= 15 is 0 Å². The highest BCUT2D eigenvalue weighted by Gasteiger charge is 2.10. The maximum absolute atomic E-state index is 11.1. The second-order valence-corrected chi connectivity index (χ2v) is 4.96. The van der Waals surface area contributed by atoms with Crippen LogP contribution in [-0.4, -0.2) is 32.0 Å². The lowest BCUT2D eigenvalue weighted by molar-refractivity contribution is -0.159. The number of hydrogen-bond acceptors (Lipinski definition) is 4. The summed E-state index contributed by atoms with van der Waals surface area (Å²) in [5, 5.41) is 8.80. The molecule has 1 atom stereocenters. The van der Waals surface area contributed by atoms with Crippen LogP contribution >= 0.6 is 7.82 Å². The fraction of sp³-hybridized carbons (Fsp3) is 0.727. The molecule has 0 heterocycles. The van der Waals surface area contributed by atoms with E-state index in [0.29, 0.717) is 12.0 Å². The van der Waals surface area contributed by atoms with Gasteiger partial charge in [-0.05, 0) is 19.8 Å². The van der Waals surface area contributed by atoms with Gasteiger partial charge in [-0.1, -0.05) is 32.8 Å². The number of esters is 1. The number of carbonyl (C=O) groups excluding carboxylic acids is 1. The minimum Gasteiger partial charge on any atom is -0.433 e. The Labute approximate surface area is 113 Å². The summed E-state index contributed by atoms with van der Waals surface area (Å²) in [5.74, 6) is -0.489. The fourth-order valence-electron chi connectivity index (χ4n) is 1.11.